The number of halogens is 1. The van der Waals surface area contributed by atoms with E-state index in [1.807, 2.05) is 0 Å². The molecule has 1 aromatic carbocycles. The largest absolute Gasteiger partial charge is 0.490 e. The van der Waals surface area contributed by atoms with Gasteiger partial charge in [0.15, 0.2) is 0 Å². The van der Waals surface area contributed by atoms with E-state index in [1.165, 1.54) is 12.1 Å². The number of benzene rings is 1. The van der Waals surface area contributed by atoms with Gasteiger partial charge in [0.05, 0.1) is 11.6 Å². The summed E-state index contributed by atoms with van der Waals surface area (Å²) in [5, 5.41) is 0.705. The van der Waals surface area contributed by atoms with Gasteiger partial charge in [-0.1, -0.05) is 0 Å². The summed E-state index contributed by atoms with van der Waals surface area (Å²) >= 11 is 0. The van der Waals surface area contributed by atoms with E-state index in [1.54, 1.807) is 18.3 Å². The predicted molar refractivity (Wildman–Crippen MR) is 79.6 cm³/mol. The topological polar surface area (TPSA) is 65.2 Å². The normalized spacial score (nSPS) is 29.3. The number of carbonyl (C=O) groups is 1. The van der Waals surface area contributed by atoms with E-state index in [2.05, 4.69) is 4.98 Å². The van der Waals surface area contributed by atoms with Crippen molar-refractivity contribution in [2.24, 2.45) is 23.5 Å². The zero-order valence-electron chi connectivity index (χ0n) is 12.0. The zero-order chi connectivity index (χ0) is 15.3. The van der Waals surface area contributed by atoms with Gasteiger partial charge in [-0.05, 0) is 54.9 Å². The number of hydrogen-bond donors (Lipinski definition) is 1. The second-order valence-corrected chi connectivity index (χ2v) is 6.34. The molecule has 2 unspecified atom stereocenters. The van der Waals surface area contributed by atoms with E-state index < -0.39 is 0 Å². The molecule has 22 heavy (non-hydrogen) atoms. The van der Waals surface area contributed by atoms with Crippen LogP contribution >= 0.6 is 0 Å². The molecule has 0 spiro atoms. The predicted octanol–water partition coefficient (Wildman–Crippen LogP) is 2.65. The highest BCUT2D eigenvalue weighted by Crippen LogP contribution is 2.59. The first-order valence-corrected chi connectivity index (χ1v) is 7.61. The summed E-state index contributed by atoms with van der Waals surface area (Å²) in [6.45, 7) is 0. The van der Waals surface area contributed by atoms with Crippen LogP contribution < -0.4 is 10.5 Å². The Kier molecular flexibility index (Phi) is 3.03. The molecule has 4 nitrogen and oxygen atoms in total. The van der Waals surface area contributed by atoms with E-state index in [4.69, 9.17) is 10.5 Å². The molecule has 0 aliphatic heterocycles. The molecule has 2 N–H and O–H groups in total. The van der Waals surface area contributed by atoms with Crippen LogP contribution in [0.3, 0.4) is 0 Å². The van der Waals surface area contributed by atoms with Gasteiger partial charge in [0.2, 0.25) is 5.91 Å². The van der Waals surface area contributed by atoms with Crippen LogP contribution in [0.4, 0.5) is 4.39 Å². The first-order chi connectivity index (χ1) is 10.6. The van der Waals surface area contributed by atoms with Gasteiger partial charge >= 0.3 is 0 Å². The fraction of sp³-hybridized carbons (Fsp3) is 0.412. The second-order valence-electron chi connectivity index (χ2n) is 6.34. The SMILES string of the molecule is NC(=O)CC1C2CC(Oc3ccnc4ccc(F)cc34)CC12. The summed E-state index contributed by atoms with van der Waals surface area (Å²) in [6.07, 6.45) is 4.20. The average Bonchev–Trinajstić information content (AvgIpc) is 2.93. The molecule has 2 aliphatic carbocycles. The lowest BCUT2D eigenvalue weighted by atomic mass is 10.1. The molecule has 1 heterocycles. The van der Waals surface area contributed by atoms with Crippen LogP contribution in [-0.2, 0) is 4.79 Å². The fourth-order valence-electron chi connectivity index (χ4n) is 3.93. The zero-order valence-corrected chi connectivity index (χ0v) is 12.0. The van der Waals surface area contributed by atoms with E-state index in [0.717, 1.165) is 18.4 Å². The Morgan fingerprint density at radius 3 is 2.82 bits per heavy atom. The molecule has 2 fully saturated rings. The van der Waals surface area contributed by atoms with Gasteiger partial charge in [-0.25, -0.2) is 4.39 Å². The van der Waals surface area contributed by atoms with Gasteiger partial charge in [-0.2, -0.15) is 0 Å². The number of amides is 1. The van der Waals surface area contributed by atoms with Crippen molar-refractivity contribution in [2.75, 3.05) is 0 Å². The Balaban J connectivity index is 1.48. The molecule has 1 aromatic heterocycles. The van der Waals surface area contributed by atoms with Crippen molar-refractivity contribution < 1.29 is 13.9 Å². The lowest BCUT2D eigenvalue weighted by molar-refractivity contribution is -0.118. The minimum absolute atomic E-state index is 0.132. The third-order valence-electron chi connectivity index (χ3n) is 4.97. The summed E-state index contributed by atoms with van der Waals surface area (Å²) < 4.78 is 19.5. The quantitative estimate of drug-likeness (QED) is 0.944. The number of hydrogen-bond acceptors (Lipinski definition) is 3. The summed E-state index contributed by atoms with van der Waals surface area (Å²) in [4.78, 5) is 15.2. The first-order valence-electron chi connectivity index (χ1n) is 7.61. The Labute approximate surface area is 127 Å². The van der Waals surface area contributed by atoms with Gasteiger partial charge in [0.25, 0.3) is 0 Å². The Bertz CT molecular complexity index is 737. The van der Waals surface area contributed by atoms with Crippen molar-refractivity contribution in [1.82, 2.24) is 4.98 Å². The summed E-state index contributed by atoms with van der Waals surface area (Å²) in [5.41, 5.74) is 5.99. The van der Waals surface area contributed by atoms with E-state index in [9.17, 15) is 9.18 Å². The van der Waals surface area contributed by atoms with Crippen molar-refractivity contribution in [2.45, 2.75) is 25.4 Å². The number of aromatic nitrogens is 1. The van der Waals surface area contributed by atoms with E-state index in [0.29, 0.717) is 35.3 Å². The van der Waals surface area contributed by atoms with Crippen LogP contribution in [0.25, 0.3) is 10.9 Å². The number of nitrogens with two attached hydrogens (primary N) is 1. The summed E-state index contributed by atoms with van der Waals surface area (Å²) in [5.74, 6) is 1.74. The monoisotopic (exact) mass is 300 g/mol. The molecular formula is C17H17FN2O2. The van der Waals surface area contributed by atoms with E-state index in [-0.39, 0.29) is 17.8 Å². The lowest BCUT2D eigenvalue weighted by Crippen LogP contribution is -2.18. The maximum absolute atomic E-state index is 13.4. The van der Waals surface area contributed by atoms with Crippen molar-refractivity contribution in [1.29, 1.82) is 0 Å². The van der Waals surface area contributed by atoms with Crippen LogP contribution in [0.2, 0.25) is 0 Å². The second kappa shape index (κ2) is 4.93. The van der Waals surface area contributed by atoms with Crippen LogP contribution in [0.15, 0.2) is 30.5 Å². The van der Waals surface area contributed by atoms with Gasteiger partial charge in [-0.15, -0.1) is 0 Å². The minimum atomic E-state index is -0.291. The number of pyridine rings is 1. The van der Waals surface area contributed by atoms with Gasteiger partial charge in [0, 0.05) is 18.0 Å². The standard InChI is InChI=1S/C17H17FN2O2/c18-9-1-2-15-14(5-9)16(3-4-20-15)22-10-6-11-12(7-10)13(11)8-17(19)21/h1-5,10-13H,6-8H2,(H2,19,21). The molecule has 0 saturated heterocycles. The molecule has 4 rings (SSSR count). The van der Waals surface area contributed by atoms with Gasteiger partial charge < -0.3 is 10.5 Å². The average molecular weight is 300 g/mol. The molecule has 114 valence electrons. The molecule has 2 atom stereocenters. The first kappa shape index (κ1) is 13.5. The van der Waals surface area contributed by atoms with Crippen LogP contribution in [-0.4, -0.2) is 17.0 Å². The van der Waals surface area contributed by atoms with Gasteiger partial charge in [-0.3, -0.25) is 9.78 Å². The molecule has 2 aliphatic rings. The van der Waals surface area contributed by atoms with Crippen LogP contribution in [0, 0.1) is 23.6 Å². The highest BCUT2D eigenvalue weighted by molar-refractivity contribution is 5.84. The Morgan fingerprint density at radius 1 is 1.32 bits per heavy atom. The van der Waals surface area contributed by atoms with Crippen LogP contribution in [0.5, 0.6) is 5.75 Å². The minimum Gasteiger partial charge on any atom is -0.490 e. The number of nitrogens with zero attached hydrogens (tertiary/aromatic N) is 1. The highest BCUT2D eigenvalue weighted by atomic mass is 19.1. The number of rotatable bonds is 4. The Morgan fingerprint density at radius 2 is 2.09 bits per heavy atom. The molecule has 2 saturated carbocycles. The molecular weight excluding hydrogens is 283 g/mol. The molecule has 2 aromatic rings. The third-order valence-corrected chi connectivity index (χ3v) is 4.97. The number of carbonyl (C=O) groups excluding carboxylic acids is 1. The lowest BCUT2D eigenvalue weighted by Gasteiger charge is -2.18. The summed E-state index contributed by atoms with van der Waals surface area (Å²) in [6, 6.07) is 6.31. The highest BCUT2D eigenvalue weighted by Gasteiger charge is 2.56. The number of fused-ring (bicyclic) bond motifs is 2. The van der Waals surface area contributed by atoms with Gasteiger partial charge in [0.1, 0.15) is 11.6 Å². The van der Waals surface area contributed by atoms with Crippen LogP contribution in [0.1, 0.15) is 19.3 Å². The molecule has 0 radical (unpaired) electrons. The summed E-state index contributed by atoms with van der Waals surface area (Å²) in [7, 11) is 0. The molecule has 0 bridgehead atoms. The Hall–Kier alpha value is -2.17. The van der Waals surface area contributed by atoms with Crippen molar-refractivity contribution in [3.8, 4) is 5.75 Å². The van der Waals surface area contributed by atoms with Crippen molar-refractivity contribution in [3.63, 3.8) is 0 Å². The van der Waals surface area contributed by atoms with E-state index >= 15 is 0 Å². The number of ether oxygens (including phenoxy) is 1. The van der Waals surface area contributed by atoms with Crippen molar-refractivity contribution in [3.05, 3.63) is 36.3 Å². The molecule has 5 heteroatoms. The fourth-order valence-corrected chi connectivity index (χ4v) is 3.93. The molecule has 1 amide bonds. The smallest absolute Gasteiger partial charge is 0.217 e. The maximum Gasteiger partial charge on any atom is 0.217 e. The third kappa shape index (κ3) is 2.30. The number of primary amides is 1. The maximum atomic E-state index is 13.4. The van der Waals surface area contributed by atoms with Crippen molar-refractivity contribution >= 4 is 16.8 Å².